The molecule has 1 rings (SSSR count). The second-order valence-corrected chi connectivity index (χ2v) is 31.7. The summed E-state index contributed by atoms with van der Waals surface area (Å²) in [4.78, 5) is 0. The maximum absolute atomic E-state index is 10.9. The van der Waals surface area contributed by atoms with Gasteiger partial charge in [-0.05, 0) is 74.3 Å². The molecule has 7 heteroatoms. The van der Waals surface area contributed by atoms with Gasteiger partial charge < -0.3 is 18.7 Å². The lowest BCUT2D eigenvalue weighted by Gasteiger charge is -2.44. The third-order valence-corrected chi connectivity index (χ3v) is 19.4. The molecule has 6 atom stereocenters. The van der Waals surface area contributed by atoms with Crippen LogP contribution in [0, 0.1) is 17.4 Å². The van der Waals surface area contributed by atoms with Crippen LogP contribution in [0.1, 0.15) is 87.0 Å². The Balaban J connectivity index is 2.79. The molecule has 0 unspecified atom stereocenters. The number of aliphatic hydroxyl groups excluding tert-OH is 1. The molecule has 0 bridgehead atoms. The molecule has 0 aromatic heterocycles. The van der Waals surface area contributed by atoms with Crippen molar-refractivity contribution in [1.29, 1.82) is 0 Å². The Morgan fingerprint density at radius 2 is 1.58 bits per heavy atom. The SMILES string of the molecule is C=C[C@H](O[Si](C)(C)C(C)(C)C)[C@H](CC=C[C@@H](O)CC(=C)C[C@H](C)C[C@@H]1CC=C[C@@H](CC#C[Si](C)(C)C)O1)O[Si](C)(C)C(C)(C)C. The van der Waals surface area contributed by atoms with Crippen LogP contribution in [0.3, 0.4) is 0 Å². The Kier molecular flexibility index (Phi) is 16.3. The highest BCUT2D eigenvalue weighted by Crippen LogP contribution is 2.41. The molecule has 258 valence electrons. The standard InChI is InChI=1S/C38H70O4Si3/c1-17-35(41-44(13,14)37(4,5)6)36(42-45(15,16)38(7,8)9)25-18-21-32(39)28-30(2)27-31(3)29-34-23-19-22-33(40-34)24-20-26-43(10,11)12/h17-19,21-22,31-36,39H,1-2,23-25,27-29H2,3-16H3/t31-,32+,33-,34-,35-,36-/m0/s1. The van der Waals surface area contributed by atoms with E-state index in [1.54, 1.807) is 0 Å². The van der Waals surface area contributed by atoms with Gasteiger partial charge in [-0.15, -0.1) is 18.0 Å². The van der Waals surface area contributed by atoms with Crippen molar-refractivity contribution in [1.82, 2.24) is 0 Å². The van der Waals surface area contributed by atoms with Crippen molar-refractivity contribution in [2.75, 3.05) is 0 Å². The number of hydrogen-bond acceptors (Lipinski definition) is 4. The molecule has 1 aliphatic rings. The Bertz CT molecular complexity index is 1060. The van der Waals surface area contributed by atoms with Crippen molar-refractivity contribution in [2.24, 2.45) is 5.92 Å². The number of ether oxygens (including phenoxy) is 1. The van der Waals surface area contributed by atoms with Gasteiger partial charge in [-0.2, -0.15) is 0 Å². The van der Waals surface area contributed by atoms with Crippen molar-refractivity contribution < 1.29 is 18.7 Å². The first kappa shape index (κ1) is 42.0. The predicted molar refractivity (Wildman–Crippen MR) is 204 cm³/mol. The lowest BCUT2D eigenvalue weighted by atomic mass is 9.91. The van der Waals surface area contributed by atoms with E-state index in [4.69, 9.17) is 13.6 Å². The third kappa shape index (κ3) is 15.6. The van der Waals surface area contributed by atoms with Gasteiger partial charge in [0, 0.05) is 6.42 Å². The number of hydrogen-bond donors (Lipinski definition) is 1. The van der Waals surface area contributed by atoms with E-state index in [0.29, 0.717) is 18.8 Å². The molecule has 0 saturated carbocycles. The van der Waals surface area contributed by atoms with E-state index in [1.165, 1.54) is 0 Å². The summed E-state index contributed by atoms with van der Waals surface area (Å²) in [6.45, 7) is 40.2. The summed E-state index contributed by atoms with van der Waals surface area (Å²) in [7, 11) is -5.47. The van der Waals surface area contributed by atoms with Crippen LogP contribution in [0.15, 0.2) is 49.1 Å². The van der Waals surface area contributed by atoms with Gasteiger partial charge in [0.25, 0.3) is 0 Å². The summed E-state index contributed by atoms with van der Waals surface area (Å²) in [6, 6.07) is 0. The molecule has 0 aliphatic carbocycles. The highest BCUT2D eigenvalue weighted by molar-refractivity contribution is 6.83. The molecule has 0 saturated heterocycles. The maximum atomic E-state index is 10.9. The van der Waals surface area contributed by atoms with Gasteiger partial charge >= 0.3 is 0 Å². The summed E-state index contributed by atoms with van der Waals surface area (Å²) in [5, 5.41) is 11.1. The van der Waals surface area contributed by atoms with Crippen molar-refractivity contribution in [3.63, 3.8) is 0 Å². The summed E-state index contributed by atoms with van der Waals surface area (Å²) in [5.74, 6) is 3.79. The molecule has 0 fully saturated rings. The molecule has 1 aliphatic heterocycles. The first-order chi connectivity index (χ1) is 20.4. The van der Waals surface area contributed by atoms with Crippen molar-refractivity contribution >= 4 is 24.7 Å². The van der Waals surface area contributed by atoms with E-state index in [-0.39, 0.29) is 34.5 Å². The Morgan fingerprint density at radius 3 is 2.11 bits per heavy atom. The zero-order valence-electron chi connectivity index (χ0n) is 31.7. The molecule has 0 spiro atoms. The van der Waals surface area contributed by atoms with Crippen molar-refractivity contribution in [3.05, 3.63) is 49.1 Å². The monoisotopic (exact) mass is 674 g/mol. The molecule has 0 aromatic rings. The van der Waals surface area contributed by atoms with Crippen LogP contribution in [-0.4, -0.2) is 60.3 Å². The second-order valence-electron chi connectivity index (χ2n) is 17.4. The minimum Gasteiger partial charge on any atom is -0.411 e. The van der Waals surface area contributed by atoms with Gasteiger partial charge in [0.15, 0.2) is 16.6 Å². The minimum atomic E-state index is -2.07. The van der Waals surface area contributed by atoms with Crippen LogP contribution in [0.5, 0.6) is 0 Å². The van der Waals surface area contributed by atoms with Crippen molar-refractivity contribution in [3.8, 4) is 11.5 Å². The van der Waals surface area contributed by atoms with Crippen LogP contribution in [0.4, 0.5) is 0 Å². The minimum absolute atomic E-state index is 0.0766. The highest BCUT2D eigenvalue weighted by atomic mass is 28.4. The fourth-order valence-corrected chi connectivity index (χ4v) is 8.11. The van der Waals surface area contributed by atoms with E-state index in [0.717, 1.165) is 31.3 Å². The maximum Gasteiger partial charge on any atom is 0.193 e. The zero-order chi connectivity index (χ0) is 34.9. The van der Waals surface area contributed by atoms with E-state index in [2.05, 4.69) is 137 Å². The lowest BCUT2D eigenvalue weighted by molar-refractivity contribution is -0.00333. The van der Waals surface area contributed by atoms with Crippen LogP contribution in [0.2, 0.25) is 55.9 Å². The van der Waals surface area contributed by atoms with Crippen LogP contribution >= 0.6 is 0 Å². The largest absolute Gasteiger partial charge is 0.411 e. The molecule has 1 heterocycles. The lowest BCUT2D eigenvalue weighted by Crippen LogP contribution is -2.51. The summed E-state index contributed by atoms with van der Waals surface area (Å²) in [5.41, 5.74) is 4.52. The Hall–Kier alpha value is -0.989. The zero-order valence-corrected chi connectivity index (χ0v) is 34.7. The van der Waals surface area contributed by atoms with E-state index in [1.807, 2.05) is 12.2 Å². The first-order valence-electron chi connectivity index (χ1n) is 17.2. The highest BCUT2D eigenvalue weighted by Gasteiger charge is 2.43. The third-order valence-electron chi connectivity index (χ3n) is 9.50. The van der Waals surface area contributed by atoms with Gasteiger partial charge in [-0.3, -0.25) is 0 Å². The molecular formula is C38H70O4Si3. The second kappa shape index (κ2) is 17.4. The molecule has 0 radical (unpaired) electrons. The average Bonchev–Trinajstić information content (AvgIpc) is 2.84. The fourth-order valence-electron chi connectivity index (χ4n) is 4.85. The van der Waals surface area contributed by atoms with Gasteiger partial charge in [0.1, 0.15) is 8.07 Å². The molecule has 0 amide bonds. The van der Waals surface area contributed by atoms with Gasteiger partial charge in [-0.25, -0.2) is 0 Å². The molecule has 4 nitrogen and oxygen atoms in total. The van der Waals surface area contributed by atoms with Gasteiger partial charge in [0.05, 0.1) is 30.5 Å². The smallest absolute Gasteiger partial charge is 0.193 e. The number of aliphatic hydroxyl groups is 1. The van der Waals surface area contributed by atoms with Crippen LogP contribution < -0.4 is 0 Å². The topological polar surface area (TPSA) is 47.9 Å². The van der Waals surface area contributed by atoms with E-state index < -0.39 is 30.8 Å². The van der Waals surface area contributed by atoms with Crippen molar-refractivity contribution in [2.45, 2.75) is 173 Å². The number of rotatable bonds is 16. The quantitative estimate of drug-likeness (QED) is 0.101. The van der Waals surface area contributed by atoms with Crippen LogP contribution in [-0.2, 0) is 13.6 Å². The summed E-state index contributed by atoms with van der Waals surface area (Å²) < 4.78 is 20.1. The molecule has 0 aromatic carbocycles. The molecule has 1 N–H and O–H groups in total. The van der Waals surface area contributed by atoms with E-state index >= 15 is 0 Å². The average molecular weight is 675 g/mol. The normalized spacial score (nSPS) is 21.1. The predicted octanol–water partition coefficient (Wildman–Crippen LogP) is 10.6. The summed E-state index contributed by atoms with van der Waals surface area (Å²) in [6.07, 6.45) is 14.5. The Morgan fingerprint density at radius 1 is 1.00 bits per heavy atom. The van der Waals surface area contributed by atoms with E-state index in [9.17, 15) is 5.11 Å². The van der Waals surface area contributed by atoms with Crippen LogP contribution in [0.25, 0.3) is 0 Å². The van der Waals surface area contributed by atoms with Gasteiger partial charge in [-0.1, -0.05) is 111 Å². The molecular weight excluding hydrogens is 605 g/mol. The Labute approximate surface area is 282 Å². The van der Waals surface area contributed by atoms with Gasteiger partial charge in [0.2, 0.25) is 0 Å². The summed E-state index contributed by atoms with van der Waals surface area (Å²) >= 11 is 0. The first-order valence-corrected chi connectivity index (χ1v) is 26.5. The molecule has 45 heavy (non-hydrogen) atoms. The fraction of sp³-hybridized carbons (Fsp3) is 0.737.